The normalized spacial score (nSPS) is 10.5. The van der Waals surface area contributed by atoms with Crippen molar-refractivity contribution in [3.05, 3.63) is 59.9 Å². The van der Waals surface area contributed by atoms with Crippen molar-refractivity contribution < 1.29 is 4.79 Å². The highest BCUT2D eigenvalue weighted by Gasteiger charge is 2.07. The van der Waals surface area contributed by atoms with Crippen LogP contribution in [0.3, 0.4) is 0 Å². The summed E-state index contributed by atoms with van der Waals surface area (Å²) in [4.78, 5) is 11.9. The van der Waals surface area contributed by atoms with Crippen molar-refractivity contribution in [1.82, 2.24) is 4.57 Å². The fraction of sp³-hybridized carbons (Fsp3) is 0.312. The molecule has 1 aromatic carbocycles. The third-order valence-corrected chi connectivity index (χ3v) is 3.19. The molecule has 1 heterocycles. The quantitative estimate of drug-likeness (QED) is 0.559. The van der Waals surface area contributed by atoms with Crippen molar-refractivity contribution >= 4 is 5.78 Å². The summed E-state index contributed by atoms with van der Waals surface area (Å²) in [5, 5.41) is 0. The molecule has 94 valence electrons. The summed E-state index contributed by atoms with van der Waals surface area (Å²) < 4.78 is 1.89. The topological polar surface area (TPSA) is 22.0 Å². The second kappa shape index (κ2) is 6.20. The molecule has 1 aromatic heterocycles. The van der Waals surface area contributed by atoms with Crippen LogP contribution in [0.5, 0.6) is 0 Å². The van der Waals surface area contributed by atoms with Gasteiger partial charge in [0, 0.05) is 19.7 Å². The number of nitrogens with zero attached hydrogens (tertiary/aromatic N) is 1. The van der Waals surface area contributed by atoms with Crippen molar-refractivity contribution in [2.24, 2.45) is 7.05 Å². The number of hydrogen-bond acceptors (Lipinski definition) is 1. The molecule has 0 aliphatic rings. The number of aromatic nitrogens is 1. The molecule has 0 aliphatic carbocycles. The Hall–Kier alpha value is -1.83. The van der Waals surface area contributed by atoms with Gasteiger partial charge in [-0.2, -0.15) is 0 Å². The van der Waals surface area contributed by atoms with Crippen molar-refractivity contribution in [1.29, 1.82) is 0 Å². The van der Waals surface area contributed by atoms with Crippen LogP contribution in [-0.4, -0.2) is 10.4 Å². The highest BCUT2D eigenvalue weighted by Crippen LogP contribution is 2.10. The van der Waals surface area contributed by atoms with Gasteiger partial charge < -0.3 is 4.57 Å². The Morgan fingerprint density at radius 3 is 2.50 bits per heavy atom. The van der Waals surface area contributed by atoms with E-state index in [1.807, 2.05) is 36.0 Å². The van der Waals surface area contributed by atoms with E-state index in [0.717, 1.165) is 25.0 Å². The predicted octanol–water partition coefficient (Wildman–Crippen LogP) is 3.62. The van der Waals surface area contributed by atoms with Gasteiger partial charge in [0.2, 0.25) is 0 Å². The number of unbranched alkanes of at least 4 members (excludes halogenated alkanes) is 1. The largest absolute Gasteiger partial charge is 0.348 e. The molecule has 2 nitrogen and oxygen atoms in total. The number of rotatable bonds is 6. The fourth-order valence-corrected chi connectivity index (χ4v) is 2.14. The van der Waals surface area contributed by atoms with Gasteiger partial charge in [0.05, 0.1) is 5.69 Å². The lowest BCUT2D eigenvalue weighted by Crippen LogP contribution is -2.05. The molecule has 0 bridgehead atoms. The van der Waals surface area contributed by atoms with Crippen LogP contribution in [0.1, 0.15) is 35.3 Å². The molecule has 0 saturated carbocycles. The fourth-order valence-electron chi connectivity index (χ4n) is 2.14. The number of Topliss-reactive ketones (excluding diaryl/α,β-unsaturated/α-hetero) is 1. The molecule has 0 spiro atoms. The van der Waals surface area contributed by atoms with Crippen molar-refractivity contribution in [3.8, 4) is 0 Å². The molecule has 0 saturated heterocycles. The predicted molar refractivity (Wildman–Crippen MR) is 73.7 cm³/mol. The number of ketones is 1. The summed E-state index contributed by atoms with van der Waals surface area (Å²) in [6, 6.07) is 14.2. The summed E-state index contributed by atoms with van der Waals surface area (Å²) in [6.07, 6.45) is 5.64. The van der Waals surface area contributed by atoms with E-state index < -0.39 is 0 Å². The molecular formula is C16H19NO. The van der Waals surface area contributed by atoms with Gasteiger partial charge in [-0.15, -0.1) is 0 Å². The Kier molecular flexibility index (Phi) is 4.35. The lowest BCUT2D eigenvalue weighted by molar-refractivity contribution is 0.0971. The van der Waals surface area contributed by atoms with Gasteiger partial charge in [0.1, 0.15) is 0 Å². The first-order chi connectivity index (χ1) is 8.77. The van der Waals surface area contributed by atoms with Gasteiger partial charge in [0.25, 0.3) is 0 Å². The van der Waals surface area contributed by atoms with Gasteiger partial charge in [0.15, 0.2) is 5.78 Å². The molecule has 2 aromatic rings. The van der Waals surface area contributed by atoms with E-state index >= 15 is 0 Å². The maximum Gasteiger partial charge on any atom is 0.179 e. The zero-order chi connectivity index (χ0) is 12.8. The third-order valence-electron chi connectivity index (χ3n) is 3.19. The van der Waals surface area contributed by atoms with Gasteiger partial charge >= 0.3 is 0 Å². The standard InChI is InChI=1S/C16H19NO/c1-17-13-7-11-15(17)16(18)12-6-5-10-14-8-3-2-4-9-14/h2-4,7-9,11,13H,5-6,10,12H2,1H3. The lowest BCUT2D eigenvalue weighted by atomic mass is 10.1. The molecule has 0 atom stereocenters. The maximum atomic E-state index is 11.9. The van der Waals surface area contributed by atoms with Crippen LogP contribution in [0.4, 0.5) is 0 Å². The lowest BCUT2D eigenvalue weighted by Gasteiger charge is -2.03. The van der Waals surface area contributed by atoms with Crippen LogP contribution in [0.25, 0.3) is 0 Å². The Morgan fingerprint density at radius 2 is 1.83 bits per heavy atom. The average molecular weight is 241 g/mol. The first-order valence-electron chi connectivity index (χ1n) is 6.46. The van der Waals surface area contributed by atoms with E-state index in [-0.39, 0.29) is 5.78 Å². The summed E-state index contributed by atoms with van der Waals surface area (Å²) in [5.41, 5.74) is 2.17. The summed E-state index contributed by atoms with van der Waals surface area (Å²) >= 11 is 0. The summed E-state index contributed by atoms with van der Waals surface area (Å²) in [7, 11) is 1.91. The zero-order valence-corrected chi connectivity index (χ0v) is 10.8. The summed E-state index contributed by atoms with van der Waals surface area (Å²) in [6.45, 7) is 0. The SMILES string of the molecule is Cn1cccc1C(=O)CCCCc1ccccc1. The molecule has 0 fully saturated rings. The molecular weight excluding hydrogens is 222 g/mol. The Balaban J connectivity index is 1.73. The van der Waals surface area contributed by atoms with Gasteiger partial charge in [-0.3, -0.25) is 4.79 Å². The number of aryl methyl sites for hydroxylation is 2. The first-order valence-corrected chi connectivity index (χ1v) is 6.46. The minimum Gasteiger partial charge on any atom is -0.348 e. The molecule has 0 aliphatic heterocycles. The highest BCUT2D eigenvalue weighted by molar-refractivity contribution is 5.94. The first kappa shape index (κ1) is 12.6. The third kappa shape index (κ3) is 3.33. The molecule has 0 radical (unpaired) electrons. The van der Waals surface area contributed by atoms with Crippen LogP contribution in [0.15, 0.2) is 48.7 Å². The van der Waals surface area contributed by atoms with E-state index in [1.165, 1.54) is 5.56 Å². The van der Waals surface area contributed by atoms with Crippen molar-refractivity contribution in [2.45, 2.75) is 25.7 Å². The van der Waals surface area contributed by atoms with Gasteiger partial charge in [-0.05, 0) is 37.0 Å². The van der Waals surface area contributed by atoms with E-state index in [4.69, 9.17) is 0 Å². The minimum atomic E-state index is 0.246. The molecule has 18 heavy (non-hydrogen) atoms. The number of hydrogen-bond donors (Lipinski definition) is 0. The zero-order valence-electron chi connectivity index (χ0n) is 10.8. The molecule has 0 amide bonds. The van der Waals surface area contributed by atoms with Crippen LogP contribution in [0, 0.1) is 0 Å². The highest BCUT2D eigenvalue weighted by atomic mass is 16.1. The van der Waals surface area contributed by atoms with Crippen molar-refractivity contribution in [2.75, 3.05) is 0 Å². The number of carbonyl (C=O) groups excluding carboxylic acids is 1. The Morgan fingerprint density at radius 1 is 1.06 bits per heavy atom. The number of carbonyl (C=O) groups is 1. The minimum absolute atomic E-state index is 0.246. The van der Waals surface area contributed by atoms with Crippen molar-refractivity contribution in [3.63, 3.8) is 0 Å². The average Bonchev–Trinajstić information content (AvgIpc) is 2.82. The van der Waals surface area contributed by atoms with Crippen LogP contribution >= 0.6 is 0 Å². The Bertz CT molecular complexity index is 499. The molecule has 0 N–H and O–H groups in total. The van der Waals surface area contributed by atoms with Crippen LogP contribution in [0.2, 0.25) is 0 Å². The summed E-state index contributed by atoms with van der Waals surface area (Å²) in [5.74, 6) is 0.246. The van der Waals surface area contributed by atoms with Gasteiger partial charge in [-0.1, -0.05) is 30.3 Å². The van der Waals surface area contributed by atoms with E-state index in [0.29, 0.717) is 6.42 Å². The monoisotopic (exact) mass is 241 g/mol. The van der Waals surface area contributed by atoms with E-state index in [1.54, 1.807) is 0 Å². The van der Waals surface area contributed by atoms with Crippen LogP contribution < -0.4 is 0 Å². The van der Waals surface area contributed by atoms with Crippen LogP contribution in [-0.2, 0) is 13.5 Å². The molecule has 2 heteroatoms. The number of benzene rings is 1. The second-order valence-corrected chi connectivity index (χ2v) is 4.62. The maximum absolute atomic E-state index is 11.9. The molecule has 2 rings (SSSR count). The smallest absolute Gasteiger partial charge is 0.179 e. The second-order valence-electron chi connectivity index (χ2n) is 4.62. The Labute approximate surface area is 108 Å². The van der Waals surface area contributed by atoms with E-state index in [2.05, 4.69) is 24.3 Å². The van der Waals surface area contributed by atoms with E-state index in [9.17, 15) is 4.79 Å². The molecule has 0 unspecified atom stereocenters. The van der Waals surface area contributed by atoms with Gasteiger partial charge in [-0.25, -0.2) is 0 Å².